The number of halogens is 1. The van der Waals surface area contributed by atoms with Crippen molar-refractivity contribution < 1.29 is 22.8 Å². The molecule has 27 heavy (non-hydrogen) atoms. The van der Waals surface area contributed by atoms with E-state index >= 15 is 0 Å². The van der Waals surface area contributed by atoms with Crippen molar-refractivity contribution in [2.45, 2.75) is 19.4 Å². The van der Waals surface area contributed by atoms with Gasteiger partial charge in [0.15, 0.2) is 12.2 Å². The van der Waals surface area contributed by atoms with Crippen molar-refractivity contribution in [3.63, 3.8) is 0 Å². The lowest BCUT2D eigenvalue weighted by atomic mass is 10.1. The standard InChI is InChI=1S/C21H16FNO4/c22-16-6-2-1-5-15(16)18-11-9-14(26-18)10-12-21(24)25-13-20-23-17-7-3-4-8-19(17)27-20/h1-9,11H,10,12-13H2. The molecule has 2 heterocycles. The Bertz CT molecular complexity index is 1050. The molecule has 2 aromatic carbocycles. The van der Waals surface area contributed by atoms with Crippen LogP contribution in [0.2, 0.25) is 0 Å². The number of nitrogens with zero attached hydrogens (tertiary/aromatic N) is 1. The number of furan rings is 1. The van der Waals surface area contributed by atoms with Crippen molar-refractivity contribution in [3.8, 4) is 11.3 Å². The Balaban J connectivity index is 1.31. The maximum absolute atomic E-state index is 13.8. The van der Waals surface area contributed by atoms with Crippen LogP contribution in [0, 0.1) is 5.82 Å². The van der Waals surface area contributed by atoms with Gasteiger partial charge in [0.2, 0.25) is 5.89 Å². The first-order valence-electron chi connectivity index (χ1n) is 8.53. The maximum Gasteiger partial charge on any atom is 0.306 e. The number of benzene rings is 2. The van der Waals surface area contributed by atoms with E-state index in [-0.39, 0.29) is 24.8 Å². The molecule has 0 radical (unpaired) electrons. The molecule has 6 heteroatoms. The molecule has 0 fully saturated rings. The second-order valence-corrected chi connectivity index (χ2v) is 5.98. The lowest BCUT2D eigenvalue weighted by Crippen LogP contribution is -2.05. The fraction of sp³-hybridized carbons (Fsp3) is 0.143. The van der Waals surface area contributed by atoms with E-state index in [1.165, 1.54) is 6.07 Å². The van der Waals surface area contributed by atoms with Crippen LogP contribution in [0.15, 0.2) is 69.5 Å². The number of carbonyl (C=O) groups is 1. The van der Waals surface area contributed by atoms with Gasteiger partial charge < -0.3 is 13.6 Å². The minimum Gasteiger partial charge on any atom is -0.461 e. The summed E-state index contributed by atoms with van der Waals surface area (Å²) in [6, 6.07) is 17.1. The number of aromatic nitrogens is 1. The molecular weight excluding hydrogens is 349 g/mol. The third kappa shape index (κ3) is 3.89. The van der Waals surface area contributed by atoms with Gasteiger partial charge in [0.05, 0.1) is 12.0 Å². The Labute approximate surface area is 154 Å². The van der Waals surface area contributed by atoms with Crippen molar-refractivity contribution in [1.29, 1.82) is 0 Å². The summed E-state index contributed by atoms with van der Waals surface area (Å²) in [5.41, 5.74) is 1.77. The van der Waals surface area contributed by atoms with Gasteiger partial charge in [-0.2, -0.15) is 0 Å². The van der Waals surface area contributed by atoms with E-state index in [0.717, 1.165) is 5.52 Å². The topological polar surface area (TPSA) is 65.5 Å². The Morgan fingerprint density at radius 1 is 1.00 bits per heavy atom. The van der Waals surface area contributed by atoms with Crippen molar-refractivity contribution in [1.82, 2.24) is 4.98 Å². The van der Waals surface area contributed by atoms with E-state index < -0.39 is 0 Å². The first-order chi connectivity index (χ1) is 13.2. The van der Waals surface area contributed by atoms with E-state index in [1.54, 1.807) is 36.4 Å². The molecule has 0 aliphatic rings. The van der Waals surface area contributed by atoms with Crippen molar-refractivity contribution >= 4 is 17.1 Å². The highest BCUT2D eigenvalue weighted by molar-refractivity contribution is 5.72. The van der Waals surface area contributed by atoms with Crippen LogP contribution >= 0.6 is 0 Å². The second-order valence-electron chi connectivity index (χ2n) is 5.98. The van der Waals surface area contributed by atoms with Gasteiger partial charge in [-0.15, -0.1) is 0 Å². The van der Waals surface area contributed by atoms with Crippen molar-refractivity contribution in [3.05, 3.63) is 78.1 Å². The van der Waals surface area contributed by atoms with Crippen LogP contribution in [-0.2, 0) is 22.6 Å². The van der Waals surface area contributed by atoms with Crippen LogP contribution in [-0.4, -0.2) is 11.0 Å². The number of ether oxygens (including phenoxy) is 1. The van der Waals surface area contributed by atoms with Gasteiger partial charge in [-0.25, -0.2) is 9.37 Å². The average Bonchev–Trinajstić information content (AvgIpc) is 3.31. The van der Waals surface area contributed by atoms with E-state index in [0.29, 0.717) is 35.0 Å². The molecule has 0 aliphatic heterocycles. The zero-order valence-electron chi connectivity index (χ0n) is 14.4. The molecule has 0 saturated heterocycles. The maximum atomic E-state index is 13.8. The van der Waals surface area contributed by atoms with Crippen molar-refractivity contribution in [2.24, 2.45) is 0 Å². The summed E-state index contributed by atoms with van der Waals surface area (Å²) in [4.78, 5) is 16.2. The van der Waals surface area contributed by atoms with Gasteiger partial charge in [0.1, 0.15) is 22.9 Å². The molecule has 0 N–H and O–H groups in total. The summed E-state index contributed by atoms with van der Waals surface area (Å²) in [5, 5.41) is 0. The van der Waals surface area contributed by atoms with Gasteiger partial charge in [-0.3, -0.25) is 4.79 Å². The largest absolute Gasteiger partial charge is 0.461 e. The van der Waals surface area contributed by atoms with Crippen LogP contribution in [0.1, 0.15) is 18.1 Å². The van der Waals surface area contributed by atoms with Crippen LogP contribution < -0.4 is 0 Å². The quantitative estimate of drug-likeness (QED) is 0.455. The molecular formula is C21H16FNO4. The molecule has 0 unspecified atom stereocenters. The number of oxazole rings is 1. The highest BCUT2D eigenvalue weighted by Crippen LogP contribution is 2.25. The Kier molecular flexibility index (Phi) is 4.70. The first kappa shape index (κ1) is 17.0. The first-order valence-corrected chi connectivity index (χ1v) is 8.53. The Morgan fingerprint density at radius 3 is 2.67 bits per heavy atom. The third-order valence-electron chi connectivity index (χ3n) is 4.07. The Hall–Kier alpha value is -3.41. The summed E-state index contributed by atoms with van der Waals surface area (Å²) in [7, 11) is 0. The molecule has 5 nitrogen and oxygen atoms in total. The van der Waals surface area contributed by atoms with Crippen LogP contribution in [0.25, 0.3) is 22.4 Å². The van der Waals surface area contributed by atoms with Gasteiger partial charge in [0, 0.05) is 6.42 Å². The summed E-state index contributed by atoms with van der Waals surface area (Å²) < 4.78 is 30.1. The summed E-state index contributed by atoms with van der Waals surface area (Å²) >= 11 is 0. The number of carbonyl (C=O) groups excluding carboxylic acids is 1. The van der Waals surface area contributed by atoms with Crippen LogP contribution in [0.4, 0.5) is 4.39 Å². The molecule has 136 valence electrons. The lowest BCUT2D eigenvalue weighted by Gasteiger charge is -2.01. The van der Waals surface area contributed by atoms with Crippen LogP contribution in [0.5, 0.6) is 0 Å². The Morgan fingerprint density at radius 2 is 1.81 bits per heavy atom. The van der Waals surface area contributed by atoms with E-state index in [9.17, 15) is 9.18 Å². The van der Waals surface area contributed by atoms with Gasteiger partial charge in [0.25, 0.3) is 0 Å². The fourth-order valence-electron chi connectivity index (χ4n) is 2.74. The second kappa shape index (κ2) is 7.45. The van der Waals surface area contributed by atoms with Crippen LogP contribution in [0.3, 0.4) is 0 Å². The van der Waals surface area contributed by atoms with E-state index in [4.69, 9.17) is 13.6 Å². The molecule has 0 atom stereocenters. The SMILES string of the molecule is O=C(CCc1ccc(-c2ccccc2F)o1)OCc1nc2ccccc2o1. The minimum absolute atomic E-state index is 0.0217. The number of fused-ring (bicyclic) bond motifs is 1. The fourth-order valence-corrected chi connectivity index (χ4v) is 2.74. The van der Waals surface area contributed by atoms with Gasteiger partial charge >= 0.3 is 5.97 Å². The minimum atomic E-state index is -0.388. The summed E-state index contributed by atoms with van der Waals surface area (Å²) in [6.45, 7) is -0.0217. The number of rotatable bonds is 6. The number of para-hydroxylation sites is 2. The molecule has 0 bridgehead atoms. The third-order valence-corrected chi connectivity index (χ3v) is 4.07. The molecule has 0 saturated carbocycles. The number of hydrogen-bond donors (Lipinski definition) is 0. The zero-order valence-corrected chi connectivity index (χ0v) is 14.4. The van der Waals surface area contributed by atoms with E-state index in [2.05, 4.69) is 4.98 Å². The number of esters is 1. The average molecular weight is 365 g/mol. The normalized spacial score (nSPS) is 11.0. The highest BCUT2D eigenvalue weighted by atomic mass is 19.1. The smallest absolute Gasteiger partial charge is 0.306 e. The molecule has 4 rings (SSSR count). The molecule has 2 aromatic heterocycles. The zero-order chi connectivity index (χ0) is 18.6. The van der Waals surface area contributed by atoms with Gasteiger partial charge in [-0.05, 0) is 36.4 Å². The predicted molar refractivity (Wildman–Crippen MR) is 96.2 cm³/mol. The lowest BCUT2D eigenvalue weighted by molar-refractivity contribution is -0.145. The van der Waals surface area contributed by atoms with E-state index in [1.807, 2.05) is 18.2 Å². The summed E-state index contributed by atoms with van der Waals surface area (Å²) in [5.74, 6) is 0.636. The van der Waals surface area contributed by atoms with Gasteiger partial charge in [-0.1, -0.05) is 24.3 Å². The van der Waals surface area contributed by atoms with Crippen molar-refractivity contribution in [2.75, 3.05) is 0 Å². The molecule has 4 aromatic rings. The summed E-state index contributed by atoms with van der Waals surface area (Å²) in [6.07, 6.45) is 0.505. The number of hydrogen-bond acceptors (Lipinski definition) is 5. The number of aryl methyl sites for hydroxylation is 1. The molecule has 0 spiro atoms. The molecule has 0 amide bonds. The monoisotopic (exact) mass is 365 g/mol. The molecule has 0 aliphatic carbocycles. The highest BCUT2D eigenvalue weighted by Gasteiger charge is 2.12. The predicted octanol–water partition coefficient (Wildman–Crippen LogP) is 4.90.